The van der Waals surface area contributed by atoms with Crippen LogP contribution in [0.2, 0.25) is 0 Å². The van der Waals surface area contributed by atoms with Crippen LogP contribution in [0, 0.1) is 12.8 Å². The van der Waals surface area contributed by atoms with Crippen LogP contribution in [-0.4, -0.2) is 11.9 Å². The van der Waals surface area contributed by atoms with E-state index in [1.165, 1.54) is 11.1 Å². The maximum Gasteiger partial charge on any atom is 0.231 e. The number of nitrogens with two attached hydrogens (primary N) is 1. The molecule has 0 saturated heterocycles. The highest BCUT2D eigenvalue weighted by molar-refractivity contribution is 5.94. The van der Waals surface area contributed by atoms with Gasteiger partial charge in [0.05, 0.1) is 5.92 Å². The van der Waals surface area contributed by atoms with Crippen molar-refractivity contribution in [2.24, 2.45) is 11.7 Å². The van der Waals surface area contributed by atoms with E-state index in [0.717, 1.165) is 12.1 Å². The van der Waals surface area contributed by atoms with Crippen molar-refractivity contribution in [1.82, 2.24) is 0 Å². The number of rotatable bonds is 3. The Labute approximate surface area is 108 Å². The lowest BCUT2D eigenvalue weighted by Gasteiger charge is -2.12. The number of benzene rings is 1. The van der Waals surface area contributed by atoms with Crippen molar-refractivity contribution in [2.75, 3.05) is 5.32 Å². The molecule has 0 aromatic heterocycles. The average molecular weight is 244 g/mol. The van der Waals surface area contributed by atoms with Gasteiger partial charge in [0, 0.05) is 11.7 Å². The molecule has 0 bridgehead atoms. The summed E-state index contributed by atoms with van der Waals surface area (Å²) in [5.74, 6) is -0.0611. The Kier molecular flexibility index (Phi) is 3.82. The number of amides is 1. The molecule has 1 aromatic rings. The molecule has 1 aliphatic rings. The highest BCUT2D eigenvalue weighted by Crippen LogP contribution is 2.20. The summed E-state index contributed by atoms with van der Waals surface area (Å²) >= 11 is 0. The number of nitrogens with one attached hydrogen (secondary N) is 1. The van der Waals surface area contributed by atoms with E-state index in [1.807, 2.05) is 24.3 Å². The summed E-state index contributed by atoms with van der Waals surface area (Å²) in [4.78, 5) is 12.0. The Morgan fingerprint density at radius 3 is 2.78 bits per heavy atom. The Morgan fingerprint density at radius 2 is 2.22 bits per heavy atom. The van der Waals surface area contributed by atoms with Crippen molar-refractivity contribution < 1.29 is 4.79 Å². The van der Waals surface area contributed by atoms with Gasteiger partial charge in [-0.1, -0.05) is 25.1 Å². The lowest BCUT2D eigenvalue weighted by atomic mass is 10.0. The van der Waals surface area contributed by atoms with Gasteiger partial charge in [-0.3, -0.25) is 4.79 Å². The molecule has 0 aliphatic heterocycles. The zero-order chi connectivity index (χ0) is 13.1. The summed E-state index contributed by atoms with van der Waals surface area (Å²) in [6.45, 7) is 4.20. The second-order valence-electron chi connectivity index (χ2n) is 4.88. The predicted molar refractivity (Wildman–Crippen MR) is 74.4 cm³/mol. The quantitative estimate of drug-likeness (QED) is 0.802. The van der Waals surface area contributed by atoms with Gasteiger partial charge >= 0.3 is 0 Å². The first-order chi connectivity index (χ1) is 8.60. The van der Waals surface area contributed by atoms with Crippen LogP contribution in [0.5, 0.6) is 0 Å². The molecule has 0 fully saturated rings. The third-order valence-electron chi connectivity index (χ3n) is 3.44. The lowest BCUT2D eigenvalue weighted by Crippen LogP contribution is -2.24. The SMILES string of the molecule is CCc1ccc(NC(=O)C2C=CC(N)C2)cc1C. The fourth-order valence-corrected chi connectivity index (χ4v) is 2.33. The molecule has 0 radical (unpaired) electrons. The third kappa shape index (κ3) is 2.79. The van der Waals surface area contributed by atoms with Crippen molar-refractivity contribution in [3.05, 3.63) is 41.5 Å². The Bertz CT molecular complexity index is 479. The van der Waals surface area contributed by atoms with E-state index in [1.54, 1.807) is 0 Å². The monoisotopic (exact) mass is 244 g/mol. The maximum atomic E-state index is 12.0. The van der Waals surface area contributed by atoms with Gasteiger partial charge in [-0.25, -0.2) is 0 Å². The molecule has 1 amide bonds. The first-order valence-corrected chi connectivity index (χ1v) is 6.44. The van der Waals surface area contributed by atoms with E-state index in [0.29, 0.717) is 6.42 Å². The Balaban J connectivity index is 2.03. The van der Waals surface area contributed by atoms with Gasteiger partial charge in [0.15, 0.2) is 0 Å². The third-order valence-corrected chi connectivity index (χ3v) is 3.44. The molecule has 2 unspecified atom stereocenters. The average Bonchev–Trinajstić information content (AvgIpc) is 2.76. The van der Waals surface area contributed by atoms with Crippen LogP contribution in [0.3, 0.4) is 0 Å². The van der Waals surface area contributed by atoms with Crippen molar-refractivity contribution >= 4 is 11.6 Å². The van der Waals surface area contributed by atoms with Crippen molar-refractivity contribution in [2.45, 2.75) is 32.7 Å². The largest absolute Gasteiger partial charge is 0.326 e. The number of carbonyl (C=O) groups is 1. The van der Waals surface area contributed by atoms with Crippen LogP contribution in [0.4, 0.5) is 5.69 Å². The highest BCUT2D eigenvalue weighted by atomic mass is 16.1. The molecule has 1 aromatic carbocycles. The molecule has 96 valence electrons. The summed E-state index contributed by atoms with van der Waals surface area (Å²) in [5.41, 5.74) is 9.15. The van der Waals surface area contributed by atoms with Crippen molar-refractivity contribution in [3.8, 4) is 0 Å². The van der Waals surface area contributed by atoms with Gasteiger partial charge in [0.1, 0.15) is 0 Å². The van der Waals surface area contributed by atoms with Crippen LogP contribution in [0.15, 0.2) is 30.4 Å². The van der Waals surface area contributed by atoms with Crippen LogP contribution in [0.25, 0.3) is 0 Å². The first-order valence-electron chi connectivity index (χ1n) is 6.44. The van der Waals surface area contributed by atoms with Gasteiger partial charge in [-0.15, -0.1) is 0 Å². The molecule has 3 N–H and O–H groups in total. The standard InChI is InChI=1S/C15H20N2O/c1-3-11-5-7-14(8-10(11)2)17-15(18)12-4-6-13(16)9-12/h4-8,12-13H,3,9,16H2,1-2H3,(H,17,18). The van der Waals surface area contributed by atoms with E-state index in [-0.39, 0.29) is 17.9 Å². The fourth-order valence-electron chi connectivity index (χ4n) is 2.33. The van der Waals surface area contributed by atoms with Crippen molar-refractivity contribution in [1.29, 1.82) is 0 Å². The van der Waals surface area contributed by atoms with Gasteiger partial charge in [-0.05, 0) is 43.0 Å². The molecular weight excluding hydrogens is 224 g/mol. The number of aryl methyl sites for hydroxylation is 2. The second-order valence-corrected chi connectivity index (χ2v) is 4.88. The van der Waals surface area contributed by atoms with Gasteiger partial charge in [0.25, 0.3) is 0 Å². The molecule has 0 spiro atoms. The van der Waals surface area contributed by atoms with Crippen LogP contribution in [0.1, 0.15) is 24.5 Å². The molecule has 2 rings (SSSR count). The van der Waals surface area contributed by atoms with Crippen LogP contribution < -0.4 is 11.1 Å². The topological polar surface area (TPSA) is 55.1 Å². The van der Waals surface area contributed by atoms with E-state index in [4.69, 9.17) is 5.73 Å². The number of hydrogen-bond acceptors (Lipinski definition) is 2. The molecule has 0 saturated carbocycles. The van der Waals surface area contributed by atoms with E-state index < -0.39 is 0 Å². The maximum absolute atomic E-state index is 12.0. The molecule has 3 nitrogen and oxygen atoms in total. The summed E-state index contributed by atoms with van der Waals surface area (Å²) in [6, 6.07) is 6.07. The predicted octanol–water partition coefficient (Wildman–Crippen LogP) is 2.40. The van der Waals surface area contributed by atoms with Gasteiger partial charge < -0.3 is 11.1 Å². The molecule has 2 atom stereocenters. The van der Waals surface area contributed by atoms with E-state index in [9.17, 15) is 4.79 Å². The van der Waals surface area contributed by atoms with Gasteiger partial charge in [-0.2, -0.15) is 0 Å². The Hall–Kier alpha value is -1.61. The minimum atomic E-state index is -0.0915. The number of hydrogen-bond donors (Lipinski definition) is 2. The number of anilines is 1. The molecule has 0 heterocycles. The summed E-state index contributed by atoms with van der Waals surface area (Å²) in [7, 11) is 0. The summed E-state index contributed by atoms with van der Waals surface area (Å²) in [5, 5.41) is 2.95. The minimum Gasteiger partial charge on any atom is -0.326 e. The van der Waals surface area contributed by atoms with E-state index >= 15 is 0 Å². The fraction of sp³-hybridized carbons (Fsp3) is 0.400. The first kappa shape index (κ1) is 12.8. The van der Waals surface area contributed by atoms with Gasteiger partial charge in [0.2, 0.25) is 5.91 Å². The van der Waals surface area contributed by atoms with Crippen LogP contribution >= 0.6 is 0 Å². The van der Waals surface area contributed by atoms with E-state index in [2.05, 4.69) is 25.2 Å². The number of carbonyl (C=O) groups excluding carboxylic acids is 1. The summed E-state index contributed by atoms with van der Waals surface area (Å²) < 4.78 is 0. The minimum absolute atomic E-state index is 0.0185. The summed E-state index contributed by atoms with van der Waals surface area (Å²) in [6.07, 6.45) is 5.51. The lowest BCUT2D eigenvalue weighted by molar-refractivity contribution is -0.118. The zero-order valence-electron chi connectivity index (χ0n) is 10.9. The smallest absolute Gasteiger partial charge is 0.231 e. The molecule has 3 heteroatoms. The molecule has 18 heavy (non-hydrogen) atoms. The Morgan fingerprint density at radius 1 is 1.44 bits per heavy atom. The highest BCUT2D eigenvalue weighted by Gasteiger charge is 2.22. The normalized spacial score (nSPS) is 22.2. The second kappa shape index (κ2) is 5.36. The zero-order valence-corrected chi connectivity index (χ0v) is 10.9. The van der Waals surface area contributed by atoms with Crippen LogP contribution in [-0.2, 0) is 11.2 Å². The van der Waals surface area contributed by atoms with Crippen molar-refractivity contribution in [3.63, 3.8) is 0 Å². The molecule has 1 aliphatic carbocycles. The molecular formula is C15H20N2O.